The van der Waals surface area contributed by atoms with Crippen molar-refractivity contribution >= 4 is 21.6 Å². The lowest BCUT2D eigenvalue weighted by atomic mass is 10.1. The van der Waals surface area contributed by atoms with E-state index in [0.717, 1.165) is 30.0 Å². The number of nitrogens with zero attached hydrogens (tertiary/aromatic N) is 1. The molecule has 0 unspecified atom stereocenters. The lowest BCUT2D eigenvalue weighted by Gasteiger charge is -2.31. The highest BCUT2D eigenvalue weighted by atomic mass is 79.9. The van der Waals surface area contributed by atoms with Gasteiger partial charge in [-0.15, -0.1) is 0 Å². The molecule has 0 atom stereocenters. The van der Waals surface area contributed by atoms with E-state index < -0.39 is 0 Å². The molecule has 1 aromatic rings. The Morgan fingerprint density at radius 2 is 2.15 bits per heavy atom. The molecule has 112 valence electrons. The number of halogens is 1. The van der Waals surface area contributed by atoms with Crippen LogP contribution in [0.3, 0.4) is 0 Å². The van der Waals surface area contributed by atoms with Crippen molar-refractivity contribution in [3.05, 3.63) is 28.2 Å². The monoisotopic (exact) mass is 340 g/mol. The van der Waals surface area contributed by atoms with Gasteiger partial charge in [-0.05, 0) is 50.8 Å². The number of benzene rings is 1. The average molecular weight is 341 g/mol. The van der Waals surface area contributed by atoms with E-state index in [9.17, 15) is 0 Å². The zero-order valence-electron chi connectivity index (χ0n) is 12.4. The fraction of sp³-hybridized carbons (Fsp3) is 0.625. The van der Waals surface area contributed by atoms with Crippen LogP contribution in [0.25, 0.3) is 0 Å². The highest BCUT2D eigenvalue weighted by Gasteiger charge is 2.21. The third kappa shape index (κ3) is 4.47. The normalized spacial score (nSPS) is 14.8. The maximum atomic E-state index is 9.10. The Labute approximate surface area is 130 Å². The molecule has 1 saturated carbocycles. The Morgan fingerprint density at radius 3 is 2.75 bits per heavy atom. The van der Waals surface area contributed by atoms with Gasteiger partial charge < -0.3 is 15.3 Å². The van der Waals surface area contributed by atoms with Crippen LogP contribution in [0.1, 0.15) is 38.7 Å². The van der Waals surface area contributed by atoms with Crippen LogP contribution in [-0.4, -0.2) is 30.3 Å². The summed E-state index contributed by atoms with van der Waals surface area (Å²) >= 11 is 3.58. The van der Waals surface area contributed by atoms with Crippen LogP contribution in [0.15, 0.2) is 22.7 Å². The molecule has 0 spiro atoms. The predicted molar refractivity (Wildman–Crippen MR) is 88.2 cm³/mol. The molecule has 1 aliphatic rings. The van der Waals surface area contributed by atoms with Crippen LogP contribution in [0.5, 0.6) is 0 Å². The highest BCUT2D eigenvalue weighted by Crippen LogP contribution is 2.28. The smallest absolute Gasteiger partial charge is 0.0447 e. The van der Waals surface area contributed by atoms with Gasteiger partial charge in [-0.25, -0.2) is 0 Å². The number of anilines is 1. The Balaban J connectivity index is 2.17. The van der Waals surface area contributed by atoms with E-state index >= 15 is 0 Å². The van der Waals surface area contributed by atoms with Crippen LogP contribution < -0.4 is 10.2 Å². The second-order valence-electron chi connectivity index (χ2n) is 5.79. The molecule has 0 aliphatic heterocycles. The fourth-order valence-corrected chi connectivity index (χ4v) is 2.74. The summed E-state index contributed by atoms with van der Waals surface area (Å²) in [6, 6.07) is 7.65. The minimum atomic E-state index is 0.243. The number of aliphatic hydroxyl groups is 1. The molecule has 1 fully saturated rings. The quantitative estimate of drug-likeness (QED) is 0.762. The number of nitrogens with one attached hydrogen (secondary N) is 1. The van der Waals surface area contributed by atoms with Gasteiger partial charge in [0.05, 0.1) is 0 Å². The summed E-state index contributed by atoms with van der Waals surface area (Å²) in [5.74, 6) is 0. The molecule has 20 heavy (non-hydrogen) atoms. The lowest BCUT2D eigenvalue weighted by Crippen LogP contribution is -2.33. The summed E-state index contributed by atoms with van der Waals surface area (Å²) < 4.78 is 1.11. The van der Waals surface area contributed by atoms with Crippen molar-refractivity contribution in [1.82, 2.24) is 5.32 Å². The molecule has 0 amide bonds. The molecule has 3 nitrogen and oxygen atoms in total. The Hall–Kier alpha value is -0.580. The minimum absolute atomic E-state index is 0.243. The van der Waals surface area contributed by atoms with Crippen molar-refractivity contribution in [2.24, 2.45) is 0 Å². The molecule has 1 aliphatic carbocycles. The molecule has 1 aromatic carbocycles. The fourth-order valence-electron chi connectivity index (χ4n) is 2.39. The summed E-state index contributed by atoms with van der Waals surface area (Å²) in [6.45, 7) is 6.47. The van der Waals surface area contributed by atoms with E-state index in [2.05, 4.69) is 58.2 Å². The predicted octanol–water partition coefficient (Wildman–Crippen LogP) is 3.30. The topological polar surface area (TPSA) is 35.5 Å². The molecular formula is C16H25BrN2O. The zero-order valence-corrected chi connectivity index (χ0v) is 14.0. The number of aliphatic hydroxyl groups excluding tert-OH is 1. The van der Waals surface area contributed by atoms with Gasteiger partial charge in [-0.3, -0.25) is 0 Å². The van der Waals surface area contributed by atoms with Crippen molar-refractivity contribution in [2.45, 2.75) is 51.7 Å². The number of rotatable bonds is 8. The van der Waals surface area contributed by atoms with Gasteiger partial charge in [0, 0.05) is 41.9 Å². The standard InChI is InChI=1S/C16H25BrN2O/c1-12(2)19(8-3-9-20)16-10-14(17)5-4-13(16)11-18-15-6-7-15/h4-5,10,12,15,18,20H,3,6-9,11H2,1-2H3. The first-order valence-corrected chi connectivity index (χ1v) is 8.30. The minimum Gasteiger partial charge on any atom is -0.396 e. The maximum absolute atomic E-state index is 9.10. The maximum Gasteiger partial charge on any atom is 0.0447 e. The van der Waals surface area contributed by atoms with E-state index in [1.165, 1.54) is 24.1 Å². The van der Waals surface area contributed by atoms with E-state index in [1.54, 1.807) is 0 Å². The molecule has 0 bridgehead atoms. The van der Waals surface area contributed by atoms with Crippen molar-refractivity contribution in [1.29, 1.82) is 0 Å². The van der Waals surface area contributed by atoms with Gasteiger partial charge in [-0.2, -0.15) is 0 Å². The van der Waals surface area contributed by atoms with Crippen molar-refractivity contribution in [3.8, 4) is 0 Å². The molecule has 4 heteroatoms. The zero-order chi connectivity index (χ0) is 14.5. The SMILES string of the molecule is CC(C)N(CCCO)c1cc(Br)ccc1CNC1CC1. The Kier molecular flexibility index (Phi) is 5.87. The highest BCUT2D eigenvalue weighted by molar-refractivity contribution is 9.10. The summed E-state index contributed by atoms with van der Waals surface area (Å²) in [5.41, 5.74) is 2.61. The van der Waals surface area contributed by atoms with E-state index in [1.807, 2.05) is 0 Å². The number of hydrogen-bond acceptors (Lipinski definition) is 3. The van der Waals surface area contributed by atoms with Crippen molar-refractivity contribution in [3.63, 3.8) is 0 Å². The molecule has 0 aromatic heterocycles. The number of hydrogen-bond donors (Lipinski definition) is 2. The van der Waals surface area contributed by atoms with E-state index in [-0.39, 0.29) is 6.61 Å². The molecule has 0 heterocycles. The van der Waals surface area contributed by atoms with Gasteiger partial charge >= 0.3 is 0 Å². The Bertz CT molecular complexity index is 432. The Morgan fingerprint density at radius 1 is 1.40 bits per heavy atom. The molecule has 2 rings (SSSR count). The van der Waals surface area contributed by atoms with Crippen molar-refractivity contribution < 1.29 is 5.11 Å². The van der Waals surface area contributed by atoms with Gasteiger partial charge in [0.15, 0.2) is 0 Å². The molecule has 2 N–H and O–H groups in total. The van der Waals surface area contributed by atoms with Crippen LogP contribution in [0.2, 0.25) is 0 Å². The van der Waals surface area contributed by atoms with Crippen LogP contribution in [0, 0.1) is 0 Å². The first-order chi connectivity index (χ1) is 9.61. The van der Waals surface area contributed by atoms with E-state index in [4.69, 9.17) is 5.11 Å². The van der Waals surface area contributed by atoms with Gasteiger partial charge in [-0.1, -0.05) is 22.0 Å². The lowest BCUT2D eigenvalue weighted by molar-refractivity contribution is 0.288. The van der Waals surface area contributed by atoms with E-state index in [0.29, 0.717) is 6.04 Å². The van der Waals surface area contributed by atoms with Gasteiger partial charge in [0.25, 0.3) is 0 Å². The van der Waals surface area contributed by atoms with Crippen LogP contribution in [-0.2, 0) is 6.54 Å². The first kappa shape index (κ1) is 15.8. The second-order valence-corrected chi connectivity index (χ2v) is 6.71. The molecule has 0 saturated heterocycles. The van der Waals surface area contributed by atoms with Gasteiger partial charge in [0.2, 0.25) is 0 Å². The molecular weight excluding hydrogens is 316 g/mol. The summed E-state index contributed by atoms with van der Waals surface area (Å²) in [6.07, 6.45) is 3.43. The second kappa shape index (κ2) is 7.43. The third-order valence-corrected chi connectivity index (χ3v) is 4.19. The third-order valence-electron chi connectivity index (χ3n) is 3.70. The first-order valence-electron chi connectivity index (χ1n) is 7.51. The summed E-state index contributed by atoms with van der Waals surface area (Å²) in [7, 11) is 0. The molecule has 0 radical (unpaired) electrons. The van der Waals surface area contributed by atoms with Crippen LogP contribution >= 0.6 is 15.9 Å². The average Bonchev–Trinajstić information content (AvgIpc) is 3.22. The summed E-state index contributed by atoms with van der Waals surface area (Å²) in [4.78, 5) is 2.38. The summed E-state index contributed by atoms with van der Waals surface area (Å²) in [5, 5.41) is 12.7. The largest absolute Gasteiger partial charge is 0.396 e. The van der Waals surface area contributed by atoms with Gasteiger partial charge in [0.1, 0.15) is 0 Å². The van der Waals surface area contributed by atoms with Crippen molar-refractivity contribution in [2.75, 3.05) is 18.1 Å². The van der Waals surface area contributed by atoms with Crippen LogP contribution in [0.4, 0.5) is 5.69 Å².